The Balaban J connectivity index is 1.30. The van der Waals surface area contributed by atoms with Gasteiger partial charge in [0.05, 0.1) is 13.7 Å². The van der Waals surface area contributed by atoms with Crippen molar-refractivity contribution in [2.24, 2.45) is 0 Å². The maximum absolute atomic E-state index is 12.2. The number of rotatable bonds is 12. The Hall–Kier alpha value is -3.53. The van der Waals surface area contributed by atoms with Crippen molar-refractivity contribution in [2.45, 2.75) is 12.8 Å². The van der Waals surface area contributed by atoms with Gasteiger partial charge in [0.2, 0.25) is 5.95 Å². The molecule has 1 saturated heterocycles. The first kappa shape index (κ1) is 26.5. The molecule has 196 valence electrons. The Bertz CT molecular complexity index is 1150. The number of ketones is 1. The highest BCUT2D eigenvalue weighted by molar-refractivity contribution is 5.97. The lowest BCUT2D eigenvalue weighted by Gasteiger charge is -2.35. The number of aliphatic hydroxyl groups excluding tert-OH is 1. The van der Waals surface area contributed by atoms with E-state index in [9.17, 15) is 4.79 Å². The summed E-state index contributed by atoms with van der Waals surface area (Å²) in [6, 6.07) is 13.9. The standard InChI is InChI=1S/C28H35N5O4/c1-36-20-27(35)23-15-21(16-26(17-23)37-2)3-4-22-18-29-28(30-19-22)31-24-5-7-25(8-6-24)33-11-9-32(10-12-33)13-14-34/h5-8,15-19,34H,3-4,9-14,20H2,1-2H3,(H,29,30,31). The highest BCUT2D eigenvalue weighted by Crippen LogP contribution is 2.22. The fraction of sp³-hybridized carbons (Fsp3) is 0.393. The largest absolute Gasteiger partial charge is 0.497 e. The highest BCUT2D eigenvalue weighted by Gasteiger charge is 2.16. The zero-order chi connectivity index (χ0) is 26.0. The number of anilines is 3. The van der Waals surface area contributed by atoms with Crippen LogP contribution in [-0.4, -0.2) is 85.9 Å². The summed E-state index contributed by atoms with van der Waals surface area (Å²) < 4.78 is 10.3. The molecule has 1 aliphatic heterocycles. The van der Waals surface area contributed by atoms with E-state index < -0.39 is 0 Å². The second-order valence-electron chi connectivity index (χ2n) is 9.07. The van der Waals surface area contributed by atoms with Crippen LogP contribution in [0.5, 0.6) is 5.75 Å². The fourth-order valence-electron chi connectivity index (χ4n) is 4.39. The third kappa shape index (κ3) is 7.48. The minimum Gasteiger partial charge on any atom is -0.497 e. The van der Waals surface area contributed by atoms with Crippen molar-refractivity contribution in [3.05, 3.63) is 71.5 Å². The molecule has 3 aromatic rings. The van der Waals surface area contributed by atoms with Gasteiger partial charge in [0.25, 0.3) is 0 Å². The Morgan fingerprint density at radius 1 is 0.973 bits per heavy atom. The van der Waals surface area contributed by atoms with E-state index in [2.05, 4.69) is 37.2 Å². The molecular formula is C28H35N5O4. The third-order valence-electron chi connectivity index (χ3n) is 6.48. The molecule has 37 heavy (non-hydrogen) atoms. The number of aliphatic hydroxyl groups is 1. The molecule has 0 unspecified atom stereocenters. The molecule has 0 amide bonds. The zero-order valence-corrected chi connectivity index (χ0v) is 21.5. The summed E-state index contributed by atoms with van der Waals surface area (Å²) in [4.78, 5) is 25.8. The minimum absolute atomic E-state index is 0.0417. The number of aryl methyl sites for hydroxylation is 2. The molecule has 0 atom stereocenters. The van der Waals surface area contributed by atoms with Crippen LogP contribution in [0.1, 0.15) is 21.5 Å². The predicted molar refractivity (Wildman–Crippen MR) is 144 cm³/mol. The lowest BCUT2D eigenvalue weighted by atomic mass is 10.0. The van der Waals surface area contributed by atoms with Gasteiger partial charge in [0.15, 0.2) is 5.78 Å². The quantitative estimate of drug-likeness (QED) is 0.360. The maximum Gasteiger partial charge on any atom is 0.227 e. The molecular weight excluding hydrogens is 470 g/mol. The van der Waals surface area contributed by atoms with Crippen molar-refractivity contribution in [2.75, 3.05) is 70.4 Å². The molecule has 1 aliphatic rings. The van der Waals surface area contributed by atoms with Gasteiger partial charge in [-0.25, -0.2) is 9.97 Å². The van der Waals surface area contributed by atoms with E-state index in [-0.39, 0.29) is 19.0 Å². The van der Waals surface area contributed by atoms with Gasteiger partial charge in [-0.3, -0.25) is 9.69 Å². The topological polar surface area (TPSA) is 100 Å². The van der Waals surface area contributed by atoms with Gasteiger partial charge in [0, 0.05) is 69.2 Å². The van der Waals surface area contributed by atoms with Crippen molar-refractivity contribution in [1.29, 1.82) is 0 Å². The van der Waals surface area contributed by atoms with Crippen LogP contribution in [0, 0.1) is 0 Å². The van der Waals surface area contributed by atoms with Crippen LogP contribution in [0.4, 0.5) is 17.3 Å². The van der Waals surface area contributed by atoms with E-state index in [0.717, 1.165) is 62.4 Å². The van der Waals surface area contributed by atoms with Crippen molar-refractivity contribution in [3.63, 3.8) is 0 Å². The number of hydrogen-bond donors (Lipinski definition) is 2. The number of ether oxygens (including phenoxy) is 2. The number of piperazine rings is 1. The minimum atomic E-state index is -0.0740. The van der Waals surface area contributed by atoms with Crippen LogP contribution < -0.4 is 15.0 Å². The van der Waals surface area contributed by atoms with Crippen molar-refractivity contribution >= 4 is 23.1 Å². The lowest BCUT2D eigenvalue weighted by Crippen LogP contribution is -2.47. The number of carbonyl (C=O) groups is 1. The number of nitrogens with one attached hydrogen (secondary N) is 1. The number of aromatic nitrogens is 2. The lowest BCUT2D eigenvalue weighted by molar-refractivity contribution is 0.0847. The third-order valence-corrected chi connectivity index (χ3v) is 6.48. The van der Waals surface area contributed by atoms with Gasteiger partial charge >= 0.3 is 0 Å². The molecule has 1 fully saturated rings. The Morgan fingerprint density at radius 3 is 2.32 bits per heavy atom. The number of hydrogen-bond acceptors (Lipinski definition) is 9. The van der Waals surface area contributed by atoms with Crippen LogP contribution >= 0.6 is 0 Å². The molecule has 9 heteroatoms. The van der Waals surface area contributed by atoms with E-state index in [1.165, 1.54) is 12.8 Å². The average Bonchev–Trinajstić information content (AvgIpc) is 2.94. The summed E-state index contributed by atoms with van der Waals surface area (Å²) in [6.45, 7) is 4.84. The van der Waals surface area contributed by atoms with Crippen LogP contribution in [-0.2, 0) is 17.6 Å². The van der Waals surface area contributed by atoms with Gasteiger partial charge in [0.1, 0.15) is 12.4 Å². The van der Waals surface area contributed by atoms with Crippen LogP contribution in [0.15, 0.2) is 54.9 Å². The molecule has 0 saturated carbocycles. The van der Waals surface area contributed by atoms with Gasteiger partial charge in [-0.1, -0.05) is 0 Å². The number of carbonyl (C=O) groups excluding carboxylic acids is 1. The number of Topliss-reactive ketones (excluding diaryl/α,β-unsaturated/α-hetero) is 1. The van der Waals surface area contributed by atoms with Gasteiger partial charge in [-0.2, -0.15) is 0 Å². The maximum atomic E-state index is 12.2. The molecule has 0 bridgehead atoms. The molecule has 9 nitrogen and oxygen atoms in total. The summed E-state index contributed by atoms with van der Waals surface area (Å²) in [5.74, 6) is 1.13. The number of β-amino-alcohol motifs (C(OH)–C–C–N with tert-alkyl or cyclic N) is 1. The molecule has 1 aromatic heterocycles. The predicted octanol–water partition coefficient (Wildman–Crippen LogP) is 2.96. The van der Waals surface area contributed by atoms with E-state index in [1.807, 2.05) is 36.7 Å². The Kier molecular flexibility index (Phi) is 9.42. The molecule has 0 aliphatic carbocycles. The fourth-order valence-corrected chi connectivity index (χ4v) is 4.39. The summed E-state index contributed by atoms with van der Waals surface area (Å²) in [5, 5.41) is 12.4. The van der Waals surface area contributed by atoms with Crippen molar-refractivity contribution in [1.82, 2.24) is 14.9 Å². The first-order chi connectivity index (χ1) is 18.1. The Labute approximate surface area is 218 Å². The van der Waals surface area contributed by atoms with Crippen molar-refractivity contribution < 1.29 is 19.4 Å². The van der Waals surface area contributed by atoms with Crippen molar-refractivity contribution in [3.8, 4) is 5.75 Å². The van der Waals surface area contributed by atoms with Crippen LogP contribution in [0.3, 0.4) is 0 Å². The SMILES string of the molecule is COCC(=O)c1cc(CCc2cnc(Nc3ccc(N4CCN(CCO)CC4)cc3)nc2)cc(OC)c1. The molecule has 2 aromatic carbocycles. The first-order valence-corrected chi connectivity index (χ1v) is 12.5. The van der Waals surface area contributed by atoms with Gasteiger partial charge in [-0.15, -0.1) is 0 Å². The normalized spacial score (nSPS) is 14.0. The van der Waals surface area contributed by atoms with Gasteiger partial charge in [-0.05, 0) is 66.4 Å². The first-order valence-electron chi connectivity index (χ1n) is 12.5. The van der Waals surface area contributed by atoms with Crippen LogP contribution in [0.2, 0.25) is 0 Å². The van der Waals surface area contributed by atoms with E-state index in [0.29, 0.717) is 17.3 Å². The summed E-state index contributed by atoms with van der Waals surface area (Å²) in [7, 11) is 3.11. The molecule has 2 N–H and O–H groups in total. The second-order valence-corrected chi connectivity index (χ2v) is 9.07. The number of nitrogens with zero attached hydrogens (tertiary/aromatic N) is 4. The molecule has 2 heterocycles. The summed E-state index contributed by atoms with van der Waals surface area (Å²) >= 11 is 0. The zero-order valence-electron chi connectivity index (χ0n) is 21.5. The summed E-state index contributed by atoms with van der Waals surface area (Å²) in [5.41, 5.74) is 4.72. The second kappa shape index (κ2) is 13.1. The molecule has 0 spiro atoms. The average molecular weight is 506 g/mol. The number of benzene rings is 2. The number of methoxy groups -OCH3 is 2. The monoisotopic (exact) mass is 505 g/mol. The van der Waals surface area contributed by atoms with E-state index in [1.54, 1.807) is 13.2 Å². The molecule has 0 radical (unpaired) electrons. The Morgan fingerprint density at radius 2 is 1.68 bits per heavy atom. The van der Waals surface area contributed by atoms with Crippen LogP contribution in [0.25, 0.3) is 0 Å². The smallest absolute Gasteiger partial charge is 0.227 e. The van der Waals surface area contributed by atoms with Gasteiger partial charge < -0.3 is 24.8 Å². The molecule has 4 rings (SSSR count). The summed E-state index contributed by atoms with van der Waals surface area (Å²) in [6.07, 6.45) is 5.13. The highest BCUT2D eigenvalue weighted by atomic mass is 16.5. The van der Waals surface area contributed by atoms with E-state index >= 15 is 0 Å². The van der Waals surface area contributed by atoms with E-state index in [4.69, 9.17) is 14.6 Å².